The molecular weight excluding hydrogens is 190 g/mol. The fourth-order valence-electron chi connectivity index (χ4n) is 2.28. The second kappa shape index (κ2) is 8.60. The van der Waals surface area contributed by atoms with E-state index in [2.05, 4.69) is 17.9 Å². The topological polar surface area (TPSA) is 12.0 Å². The zero-order valence-electron chi connectivity index (χ0n) is 9.30. The van der Waals surface area contributed by atoms with Gasteiger partial charge in [-0.2, -0.15) is 12.6 Å². The van der Waals surface area contributed by atoms with Crippen LogP contribution in [-0.2, 0) is 0 Å². The molecule has 0 aliphatic heterocycles. The molecule has 0 bridgehead atoms. The van der Waals surface area contributed by atoms with Gasteiger partial charge in [-0.3, -0.25) is 0 Å². The van der Waals surface area contributed by atoms with Crippen molar-refractivity contribution in [2.45, 2.75) is 63.8 Å². The molecule has 0 aromatic rings. The highest BCUT2D eigenvalue weighted by atomic mass is 32.1. The minimum absolute atomic E-state index is 0.778. The number of hydrogen-bond donors (Lipinski definition) is 2. The van der Waals surface area contributed by atoms with Crippen molar-refractivity contribution in [1.82, 2.24) is 5.32 Å². The molecule has 1 N–H and O–H groups in total. The summed E-state index contributed by atoms with van der Waals surface area (Å²) in [4.78, 5) is 0. The van der Waals surface area contributed by atoms with Gasteiger partial charge in [0.05, 0.1) is 0 Å². The van der Waals surface area contributed by atoms with Crippen molar-refractivity contribution in [3.05, 3.63) is 0 Å². The summed E-state index contributed by atoms with van der Waals surface area (Å²) in [5, 5.41) is 3.61. The lowest BCUT2D eigenvalue weighted by Crippen LogP contribution is -2.30. The summed E-state index contributed by atoms with van der Waals surface area (Å²) in [6.45, 7) is 1.08. The van der Waals surface area contributed by atoms with E-state index >= 15 is 0 Å². The monoisotopic (exact) mass is 215 g/mol. The quantitative estimate of drug-likeness (QED) is 0.688. The largest absolute Gasteiger partial charge is 0.313 e. The summed E-state index contributed by atoms with van der Waals surface area (Å²) in [5.74, 6) is 0.969. The van der Waals surface area contributed by atoms with Crippen LogP contribution in [0.2, 0.25) is 0 Å². The Bertz CT molecular complexity index is 117. The van der Waals surface area contributed by atoms with Gasteiger partial charge in [0.2, 0.25) is 0 Å². The smallest absolute Gasteiger partial charge is 0.00673 e. The highest BCUT2D eigenvalue weighted by Gasteiger charge is 2.08. The molecule has 0 unspecified atom stereocenters. The molecule has 1 fully saturated rings. The van der Waals surface area contributed by atoms with Crippen LogP contribution in [0, 0.1) is 0 Å². The number of rotatable bonds is 3. The minimum atomic E-state index is 0.778. The first kappa shape index (κ1) is 12.4. The van der Waals surface area contributed by atoms with Crippen molar-refractivity contribution >= 4 is 12.6 Å². The summed E-state index contributed by atoms with van der Waals surface area (Å²) in [6.07, 6.45) is 12.9. The van der Waals surface area contributed by atoms with Gasteiger partial charge in [0.1, 0.15) is 0 Å². The molecule has 1 saturated carbocycles. The average Bonchev–Trinajstić information content (AvgIpc) is 2.23. The molecule has 0 radical (unpaired) electrons. The van der Waals surface area contributed by atoms with Gasteiger partial charge in [0, 0.05) is 18.3 Å². The molecule has 0 amide bonds. The molecule has 0 spiro atoms. The van der Waals surface area contributed by atoms with E-state index in [0.717, 1.165) is 18.3 Å². The molecule has 1 aliphatic carbocycles. The molecule has 0 aromatic heterocycles. The van der Waals surface area contributed by atoms with Crippen LogP contribution in [0.5, 0.6) is 0 Å². The Morgan fingerprint density at radius 2 is 1.36 bits per heavy atom. The van der Waals surface area contributed by atoms with E-state index in [4.69, 9.17) is 0 Å². The van der Waals surface area contributed by atoms with Gasteiger partial charge in [-0.15, -0.1) is 0 Å². The molecule has 0 saturated heterocycles. The fraction of sp³-hybridized carbons (Fsp3) is 1.00. The van der Waals surface area contributed by atoms with Crippen LogP contribution in [0.1, 0.15) is 57.8 Å². The van der Waals surface area contributed by atoms with Gasteiger partial charge in [-0.25, -0.2) is 0 Å². The van der Waals surface area contributed by atoms with Crippen LogP contribution in [0.3, 0.4) is 0 Å². The standard InChI is InChI=1S/C12H25NS/c14-11-10-13-12-8-6-4-2-1-3-5-7-9-12/h12-14H,1-11H2. The van der Waals surface area contributed by atoms with Crippen molar-refractivity contribution in [2.24, 2.45) is 0 Å². The summed E-state index contributed by atoms with van der Waals surface area (Å²) >= 11 is 4.24. The Morgan fingerprint density at radius 3 is 1.86 bits per heavy atom. The molecule has 0 aromatic carbocycles. The van der Waals surface area contributed by atoms with Gasteiger partial charge >= 0.3 is 0 Å². The van der Waals surface area contributed by atoms with E-state index in [1.165, 1.54) is 57.8 Å². The predicted molar refractivity (Wildman–Crippen MR) is 67.2 cm³/mol. The SMILES string of the molecule is SCCNC1CCCCCCCCC1. The van der Waals surface area contributed by atoms with E-state index in [0.29, 0.717) is 0 Å². The normalized spacial score (nSPS) is 22.1. The lowest BCUT2D eigenvalue weighted by atomic mass is 9.97. The first-order chi connectivity index (χ1) is 6.93. The highest BCUT2D eigenvalue weighted by Crippen LogP contribution is 2.16. The Balaban J connectivity index is 2.16. The van der Waals surface area contributed by atoms with Crippen LogP contribution < -0.4 is 5.32 Å². The number of nitrogens with one attached hydrogen (secondary N) is 1. The molecular formula is C12H25NS. The lowest BCUT2D eigenvalue weighted by Gasteiger charge is -2.19. The van der Waals surface area contributed by atoms with Crippen molar-refractivity contribution < 1.29 is 0 Å². The van der Waals surface area contributed by atoms with Gasteiger partial charge in [-0.1, -0.05) is 44.9 Å². The molecule has 2 heteroatoms. The third-order valence-electron chi connectivity index (χ3n) is 3.15. The van der Waals surface area contributed by atoms with Gasteiger partial charge < -0.3 is 5.32 Å². The van der Waals surface area contributed by atoms with Crippen molar-refractivity contribution in [3.63, 3.8) is 0 Å². The van der Waals surface area contributed by atoms with Crippen LogP contribution in [0.15, 0.2) is 0 Å². The maximum absolute atomic E-state index is 4.24. The summed E-state index contributed by atoms with van der Waals surface area (Å²) in [6, 6.07) is 0.778. The van der Waals surface area contributed by atoms with E-state index in [1.54, 1.807) is 0 Å². The maximum Gasteiger partial charge on any atom is 0.00673 e. The van der Waals surface area contributed by atoms with E-state index in [9.17, 15) is 0 Å². The molecule has 84 valence electrons. The first-order valence-electron chi connectivity index (χ1n) is 6.27. The zero-order valence-corrected chi connectivity index (χ0v) is 10.2. The third kappa shape index (κ3) is 5.92. The summed E-state index contributed by atoms with van der Waals surface area (Å²) < 4.78 is 0. The van der Waals surface area contributed by atoms with E-state index in [1.807, 2.05) is 0 Å². The van der Waals surface area contributed by atoms with Crippen molar-refractivity contribution in [3.8, 4) is 0 Å². The highest BCUT2D eigenvalue weighted by molar-refractivity contribution is 7.80. The fourth-order valence-corrected chi connectivity index (χ4v) is 2.41. The predicted octanol–water partition coefficient (Wildman–Crippen LogP) is 3.40. The second-order valence-electron chi connectivity index (χ2n) is 4.43. The molecule has 0 atom stereocenters. The van der Waals surface area contributed by atoms with Crippen LogP contribution >= 0.6 is 12.6 Å². The van der Waals surface area contributed by atoms with Gasteiger partial charge in [-0.05, 0) is 12.8 Å². The third-order valence-corrected chi connectivity index (χ3v) is 3.37. The summed E-state index contributed by atoms with van der Waals surface area (Å²) in [7, 11) is 0. The number of thiol groups is 1. The van der Waals surface area contributed by atoms with Crippen molar-refractivity contribution in [1.29, 1.82) is 0 Å². The first-order valence-corrected chi connectivity index (χ1v) is 6.91. The minimum Gasteiger partial charge on any atom is -0.313 e. The molecule has 0 heterocycles. The van der Waals surface area contributed by atoms with E-state index in [-0.39, 0.29) is 0 Å². The number of hydrogen-bond acceptors (Lipinski definition) is 2. The molecule has 1 aliphatic rings. The molecule has 1 rings (SSSR count). The van der Waals surface area contributed by atoms with Crippen LogP contribution in [0.4, 0.5) is 0 Å². The van der Waals surface area contributed by atoms with Crippen LogP contribution in [-0.4, -0.2) is 18.3 Å². The zero-order chi connectivity index (χ0) is 10.1. The lowest BCUT2D eigenvalue weighted by molar-refractivity contribution is 0.407. The van der Waals surface area contributed by atoms with Crippen LogP contribution in [0.25, 0.3) is 0 Å². The summed E-state index contributed by atoms with van der Waals surface area (Å²) in [5.41, 5.74) is 0. The Morgan fingerprint density at radius 1 is 0.857 bits per heavy atom. The molecule has 1 nitrogen and oxygen atoms in total. The average molecular weight is 215 g/mol. The molecule has 14 heavy (non-hydrogen) atoms. The van der Waals surface area contributed by atoms with E-state index < -0.39 is 0 Å². The van der Waals surface area contributed by atoms with Crippen molar-refractivity contribution in [2.75, 3.05) is 12.3 Å². The second-order valence-corrected chi connectivity index (χ2v) is 4.87. The maximum atomic E-state index is 4.24. The Kier molecular flexibility index (Phi) is 7.61. The Labute approximate surface area is 94.5 Å². The van der Waals surface area contributed by atoms with Gasteiger partial charge in [0.25, 0.3) is 0 Å². The van der Waals surface area contributed by atoms with Gasteiger partial charge in [0.15, 0.2) is 0 Å². The Hall–Kier alpha value is 0.310.